The topological polar surface area (TPSA) is 9.23 Å². The highest BCUT2D eigenvalue weighted by molar-refractivity contribution is 6.17. The Morgan fingerprint density at radius 2 is 2.22 bits per heavy atom. The molecule has 1 aliphatic rings. The van der Waals surface area contributed by atoms with Crippen LogP contribution in [0.25, 0.3) is 0 Å². The van der Waals surface area contributed by atoms with Crippen molar-refractivity contribution < 1.29 is 9.13 Å². The van der Waals surface area contributed by atoms with Crippen LogP contribution in [0.15, 0.2) is 18.2 Å². The Hall–Kier alpha value is -0.760. The van der Waals surface area contributed by atoms with Crippen LogP contribution in [0.2, 0.25) is 0 Å². The van der Waals surface area contributed by atoms with Gasteiger partial charge in [0, 0.05) is 5.88 Å². The molecule has 1 aliphatic carbocycles. The van der Waals surface area contributed by atoms with Crippen LogP contribution >= 0.6 is 11.6 Å². The van der Waals surface area contributed by atoms with E-state index in [2.05, 4.69) is 6.92 Å². The lowest BCUT2D eigenvalue weighted by Crippen LogP contribution is -2.25. The first-order valence-electron chi connectivity index (χ1n) is 6.74. The smallest absolute Gasteiger partial charge is 0.165 e. The van der Waals surface area contributed by atoms with Crippen molar-refractivity contribution in [3.63, 3.8) is 0 Å². The fourth-order valence-electron chi connectivity index (χ4n) is 2.62. The highest BCUT2D eigenvalue weighted by Crippen LogP contribution is 2.30. The van der Waals surface area contributed by atoms with Crippen LogP contribution in [-0.4, -0.2) is 6.10 Å². The quantitative estimate of drug-likeness (QED) is 0.706. The fourth-order valence-corrected chi connectivity index (χ4v) is 2.79. The van der Waals surface area contributed by atoms with Crippen LogP contribution < -0.4 is 4.74 Å². The predicted molar refractivity (Wildman–Crippen MR) is 72.6 cm³/mol. The van der Waals surface area contributed by atoms with Crippen molar-refractivity contribution in [3.8, 4) is 5.75 Å². The first-order valence-corrected chi connectivity index (χ1v) is 7.27. The van der Waals surface area contributed by atoms with Crippen LogP contribution in [0.1, 0.15) is 44.6 Å². The van der Waals surface area contributed by atoms with Crippen LogP contribution in [0.5, 0.6) is 5.75 Å². The summed E-state index contributed by atoms with van der Waals surface area (Å²) < 4.78 is 19.6. The van der Waals surface area contributed by atoms with E-state index < -0.39 is 0 Å². The van der Waals surface area contributed by atoms with Crippen molar-refractivity contribution in [2.24, 2.45) is 5.92 Å². The summed E-state index contributed by atoms with van der Waals surface area (Å²) in [5.41, 5.74) is 0.789. The van der Waals surface area contributed by atoms with E-state index in [0.717, 1.165) is 24.3 Å². The predicted octanol–water partition coefficient (Wildman–Crippen LogP) is 4.91. The van der Waals surface area contributed by atoms with Gasteiger partial charge in [-0.2, -0.15) is 0 Å². The monoisotopic (exact) mass is 270 g/mol. The second-order valence-electron chi connectivity index (χ2n) is 5.08. The lowest BCUT2D eigenvalue weighted by Gasteiger charge is -2.29. The van der Waals surface area contributed by atoms with Crippen molar-refractivity contribution in [2.75, 3.05) is 0 Å². The van der Waals surface area contributed by atoms with Crippen molar-refractivity contribution in [1.29, 1.82) is 0 Å². The summed E-state index contributed by atoms with van der Waals surface area (Å²) in [6.07, 6.45) is 5.91. The van der Waals surface area contributed by atoms with Crippen LogP contribution in [0.4, 0.5) is 4.39 Å². The number of alkyl halides is 1. The van der Waals surface area contributed by atoms with Crippen LogP contribution in [0.3, 0.4) is 0 Å². The third kappa shape index (κ3) is 3.38. The summed E-state index contributed by atoms with van der Waals surface area (Å²) >= 11 is 5.67. The van der Waals surface area contributed by atoms with Gasteiger partial charge in [0.1, 0.15) is 0 Å². The molecule has 1 saturated carbocycles. The van der Waals surface area contributed by atoms with E-state index in [0.29, 0.717) is 11.6 Å². The molecule has 0 amide bonds. The fraction of sp³-hybridized carbons (Fsp3) is 0.600. The van der Waals surface area contributed by atoms with Crippen LogP contribution in [0, 0.1) is 11.7 Å². The van der Waals surface area contributed by atoms with Gasteiger partial charge in [-0.1, -0.05) is 25.8 Å². The summed E-state index contributed by atoms with van der Waals surface area (Å²) in [6.45, 7) is 2.21. The molecule has 0 radical (unpaired) electrons. The van der Waals surface area contributed by atoms with Gasteiger partial charge in [0.2, 0.25) is 0 Å². The van der Waals surface area contributed by atoms with Gasteiger partial charge >= 0.3 is 0 Å². The maximum Gasteiger partial charge on any atom is 0.165 e. The van der Waals surface area contributed by atoms with E-state index in [1.54, 1.807) is 6.07 Å². The number of rotatable bonds is 4. The van der Waals surface area contributed by atoms with Crippen molar-refractivity contribution in [1.82, 2.24) is 0 Å². The summed E-state index contributed by atoms with van der Waals surface area (Å²) in [5.74, 6) is 1.13. The minimum Gasteiger partial charge on any atom is -0.487 e. The van der Waals surface area contributed by atoms with E-state index in [-0.39, 0.29) is 11.9 Å². The van der Waals surface area contributed by atoms with Crippen molar-refractivity contribution >= 4 is 11.6 Å². The molecule has 1 aromatic rings. The van der Waals surface area contributed by atoms with Crippen LogP contribution in [-0.2, 0) is 5.88 Å². The molecule has 100 valence electrons. The lowest BCUT2D eigenvalue weighted by molar-refractivity contribution is 0.117. The first-order chi connectivity index (χ1) is 8.72. The summed E-state index contributed by atoms with van der Waals surface area (Å²) in [6, 6.07) is 4.98. The van der Waals surface area contributed by atoms with Gasteiger partial charge in [-0.05, 0) is 42.9 Å². The number of hydrogen-bond donors (Lipinski definition) is 0. The maximum atomic E-state index is 13.8. The first kappa shape index (κ1) is 13.7. The molecule has 1 aromatic carbocycles. The van der Waals surface area contributed by atoms with Gasteiger partial charge in [0.15, 0.2) is 11.6 Å². The van der Waals surface area contributed by atoms with E-state index in [1.165, 1.54) is 25.3 Å². The van der Waals surface area contributed by atoms with Gasteiger partial charge in [0.05, 0.1) is 6.10 Å². The molecule has 0 N–H and O–H groups in total. The molecule has 0 bridgehead atoms. The number of halogens is 2. The highest BCUT2D eigenvalue weighted by Gasteiger charge is 2.22. The average Bonchev–Trinajstić information content (AvgIpc) is 2.41. The van der Waals surface area contributed by atoms with E-state index >= 15 is 0 Å². The maximum absolute atomic E-state index is 13.8. The van der Waals surface area contributed by atoms with Crippen molar-refractivity contribution in [3.05, 3.63) is 29.6 Å². The SMILES string of the molecule is CCC1CCCC(Oc2ccc(CCl)cc2F)C1. The van der Waals surface area contributed by atoms with E-state index in [1.807, 2.05) is 6.07 Å². The van der Waals surface area contributed by atoms with Crippen molar-refractivity contribution in [2.45, 2.75) is 51.0 Å². The molecule has 0 aromatic heterocycles. The molecule has 1 fully saturated rings. The molecule has 3 heteroatoms. The molecular formula is C15H20ClFO. The molecule has 18 heavy (non-hydrogen) atoms. The average molecular weight is 271 g/mol. The van der Waals surface area contributed by atoms with Gasteiger partial charge in [-0.15, -0.1) is 11.6 Å². The lowest BCUT2D eigenvalue weighted by atomic mass is 9.85. The molecule has 0 spiro atoms. The Balaban J connectivity index is 2.00. The van der Waals surface area contributed by atoms with Gasteiger partial charge in [0.25, 0.3) is 0 Å². The Kier molecular flexibility index (Phi) is 4.87. The molecule has 0 aliphatic heterocycles. The number of hydrogen-bond acceptors (Lipinski definition) is 1. The third-order valence-electron chi connectivity index (χ3n) is 3.76. The summed E-state index contributed by atoms with van der Waals surface area (Å²) in [7, 11) is 0. The Labute approximate surface area is 113 Å². The Morgan fingerprint density at radius 1 is 1.39 bits per heavy atom. The highest BCUT2D eigenvalue weighted by atomic mass is 35.5. The second kappa shape index (κ2) is 6.42. The number of benzene rings is 1. The normalized spacial score (nSPS) is 23.9. The zero-order chi connectivity index (χ0) is 13.0. The largest absolute Gasteiger partial charge is 0.487 e. The Bertz CT molecular complexity index is 394. The van der Waals surface area contributed by atoms with Gasteiger partial charge in [-0.3, -0.25) is 0 Å². The zero-order valence-electron chi connectivity index (χ0n) is 10.8. The molecule has 0 saturated heterocycles. The summed E-state index contributed by atoms with van der Waals surface area (Å²) in [4.78, 5) is 0. The molecule has 0 heterocycles. The van der Waals surface area contributed by atoms with E-state index in [9.17, 15) is 4.39 Å². The number of ether oxygens (including phenoxy) is 1. The third-order valence-corrected chi connectivity index (χ3v) is 4.06. The second-order valence-corrected chi connectivity index (χ2v) is 5.35. The molecule has 2 atom stereocenters. The standard InChI is InChI=1S/C15H20ClFO/c1-2-11-4-3-5-13(8-11)18-15-7-6-12(10-16)9-14(15)17/h6-7,9,11,13H,2-5,8,10H2,1H3. The van der Waals surface area contributed by atoms with Gasteiger partial charge < -0.3 is 4.74 Å². The van der Waals surface area contributed by atoms with Gasteiger partial charge in [-0.25, -0.2) is 4.39 Å². The molecule has 2 rings (SSSR count). The molecular weight excluding hydrogens is 251 g/mol. The minimum atomic E-state index is -0.299. The molecule has 2 unspecified atom stereocenters. The summed E-state index contributed by atoms with van der Waals surface area (Å²) in [5, 5.41) is 0. The Morgan fingerprint density at radius 3 is 2.89 bits per heavy atom. The van der Waals surface area contributed by atoms with E-state index in [4.69, 9.17) is 16.3 Å². The minimum absolute atomic E-state index is 0.167. The molecule has 1 nitrogen and oxygen atoms in total. The zero-order valence-corrected chi connectivity index (χ0v) is 11.5.